The Kier molecular flexibility index (Phi) is 8.35. The van der Waals surface area contributed by atoms with E-state index < -0.39 is 0 Å². The second kappa shape index (κ2) is 11.4. The highest BCUT2D eigenvalue weighted by molar-refractivity contribution is 7.99. The van der Waals surface area contributed by atoms with Crippen LogP contribution in [0.3, 0.4) is 0 Å². The fourth-order valence-corrected chi connectivity index (χ4v) is 4.07. The number of para-hydroxylation sites is 1. The number of hydrogen-bond donors (Lipinski definition) is 1. The lowest BCUT2D eigenvalue weighted by atomic mass is 10.1. The molecule has 164 valence electrons. The third-order valence-electron chi connectivity index (χ3n) is 4.87. The Morgan fingerprint density at radius 1 is 0.935 bits per heavy atom. The van der Waals surface area contributed by atoms with Crippen LogP contribution in [0.25, 0.3) is 0 Å². The van der Waals surface area contributed by atoms with Crippen molar-refractivity contribution >= 4 is 35.4 Å². The van der Waals surface area contributed by atoms with Crippen LogP contribution in [0.5, 0.6) is 0 Å². The first-order valence-electron chi connectivity index (χ1n) is 10.3. The molecule has 3 amide bonds. The van der Waals surface area contributed by atoms with Crippen molar-refractivity contribution in [3.05, 3.63) is 65.7 Å². The van der Waals surface area contributed by atoms with Gasteiger partial charge in [0.15, 0.2) is 0 Å². The number of carbonyl (C=O) groups excluding carboxylic acids is 3. The quantitative estimate of drug-likeness (QED) is 0.712. The zero-order valence-electron chi connectivity index (χ0n) is 17.6. The number of nitrogens with one attached hydrogen (secondary N) is 1. The Labute approximate surface area is 186 Å². The first kappa shape index (κ1) is 22.7. The van der Waals surface area contributed by atoms with Crippen LogP contribution in [-0.2, 0) is 15.3 Å². The van der Waals surface area contributed by atoms with E-state index in [0.29, 0.717) is 49.8 Å². The minimum absolute atomic E-state index is 0.145. The molecule has 1 N–H and O–H groups in total. The summed E-state index contributed by atoms with van der Waals surface area (Å²) >= 11 is 1.53. The molecular formula is C23H27N3O4S. The molecule has 2 aromatic carbocycles. The number of piperazine rings is 1. The van der Waals surface area contributed by atoms with Crippen molar-refractivity contribution in [2.75, 3.05) is 43.9 Å². The van der Waals surface area contributed by atoms with Gasteiger partial charge in [-0.1, -0.05) is 42.5 Å². The number of nitrogens with zero attached hydrogens (tertiary/aromatic N) is 2. The maximum atomic E-state index is 13.0. The predicted molar refractivity (Wildman–Crippen MR) is 122 cm³/mol. The number of hydrogen-bond acceptors (Lipinski definition) is 5. The smallest absolute Gasteiger partial charge is 0.409 e. The molecule has 0 atom stereocenters. The van der Waals surface area contributed by atoms with Crippen molar-refractivity contribution in [3.63, 3.8) is 0 Å². The minimum Gasteiger partial charge on any atom is -0.450 e. The summed E-state index contributed by atoms with van der Waals surface area (Å²) in [5.41, 5.74) is 2.12. The summed E-state index contributed by atoms with van der Waals surface area (Å²) in [4.78, 5) is 40.6. The molecule has 1 aliphatic heterocycles. The molecule has 1 saturated heterocycles. The Morgan fingerprint density at radius 2 is 1.58 bits per heavy atom. The molecular weight excluding hydrogens is 414 g/mol. The van der Waals surface area contributed by atoms with Gasteiger partial charge in [0.05, 0.1) is 23.6 Å². The summed E-state index contributed by atoms with van der Waals surface area (Å²) in [5, 5.41) is 2.87. The number of rotatable bonds is 7. The van der Waals surface area contributed by atoms with Crippen molar-refractivity contribution in [3.8, 4) is 0 Å². The molecule has 31 heavy (non-hydrogen) atoms. The van der Waals surface area contributed by atoms with E-state index >= 15 is 0 Å². The highest BCUT2D eigenvalue weighted by Crippen LogP contribution is 2.20. The predicted octanol–water partition coefficient (Wildman–Crippen LogP) is 3.47. The monoisotopic (exact) mass is 441 g/mol. The minimum atomic E-state index is -0.352. The molecule has 2 aromatic rings. The molecule has 0 saturated carbocycles. The Morgan fingerprint density at radius 3 is 2.29 bits per heavy atom. The topological polar surface area (TPSA) is 79.0 Å². The average Bonchev–Trinajstić information content (AvgIpc) is 2.80. The molecule has 8 heteroatoms. The molecule has 1 fully saturated rings. The summed E-state index contributed by atoms with van der Waals surface area (Å²) in [6, 6.07) is 17.0. The first-order chi connectivity index (χ1) is 15.1. The molecule has 7 nitrogen and oxygen atoms in total. The van der Waals surface area contributed by atoms with Crippen LogP contribution in [0.1, 0.15) is 22.8 Å². The number of carbonyl (C=O) groups is 3. The highest BCUT2D eigenvalue weighted by atomic mass is 32.2. The van der Waals surface area contributed by atoms with E-state index in [0.717, 1.165) is 11.3 Å². The lowest BCUT2D eigenvalue weighted by Crippen LogP contribution is -2.50. The van der Waals surface area contributed by atoms with E-state index in [2.05, 4.69) is 5.32 Å². The molecule has 3 rings (SSSR count). The van der Waals surface area contributed by atoms with Crippen LogP contribution in [0.2, 0.25) is 0 Å². The largest absolute Gasteiger partial charge is 0.450 e. The standard InChI is InChI=1S/C23H27N3O4S/c1-2-30-23(29)26-14-12-25(13-15-26)22(28)19-10-6-7-11-20(19)24-21(27)17-31-16-18-8-4-3-5-9-18/h3-11H,2,12-17H2,1H3,(H,24,27). The van der Waals surface area contributed by atoms with Crippen molar-refractivity contribution < 1.29 is 19.1 Å². The number of benzene rings is 2. The average molecular weight is 442 g/mol. The van der Waals surface area contributed by atoms with Crippen molar-refractivity contribution in [1.82, 2.24) is 9.80 Å². The number of ether oxygens (including phenoxy) is 1. The normalized spacial score (nSPS) is 13.6. The summed E-state index contributed by atoms with van der Waals surface area (Å²) in [7, 11) is 0. The molecule has 1 heterocycles. The second-order valence-electron chi connectivity index (χ2n) is 7.05. The number of amides is 3. The summed E-state index contributed by atoms with van der Waals surface area (Å²) in [6.45, 7) is 3.79. The van der Waals surface area contributed by atoms with Gasteiger partial charge in [-0.05, 0) is 24.6 Å². The van der Waals surface area contributed by atoms with E-state index in [1.807, 2.05) is 30.3 Å². The van der Waals surface area contributed by atoms with Gasteiger partial charge < -0.3 is 19.9 Å². The van der Waals surface area contributed by atoms with Crippen LogP contribution in [-0.4, -0.2) is 66.2 Å². The second-order valence-corrected chi connectivity index (χ2v) is 8.04. The van der Waals surface area contributed by atoms with Gasteiger partial charge in [0.25, 0.3) is 5.91 Å². The first-order valence-corrected chi connectivity index (χ1v) is 11.5. The van der Waals surface area contributed by atoms with Gasteiger partial charge in [0.2, 0.25) is 5.91 Å². The van der Waals surface area contributed by atoms with Crippen molar-refractivity contribution in [2.45, 2.75) is 12.7 Å². The maximum Gasteiger partial charge on any atom is 0.409 e. The molecule has 0 aliphatic carbocycles. The van der Waals surface area contributed by atoms with Crippen LogP contribution in [0.4, 0.5) is 10.5 Å². The fraction of sp³-hybridized carbons (Fsp3) is 0.348. The molecule has 1 aliphatic rings. The maximum absolute atomic E-state index is 13.0. The Bertz CT molecular complexity index is 899. The highest BCUT2D eigenvalue weighted by Gasteiger charge is 2.26. The summed E-state index contributed by atoms with van der Waals surface area (Å²) in [5.74, 6) is 0.750. The van der Waals surface area contributed by atoms with E-state index in [4.69, 9.17) is 4.74 Å². The van der Waals surface area contributed by atoms with Gasteiger partial charge in [-0.2, -0.15) is 0 Å². The van der Waals surface area contributed by atoms with Gasteiger partial charge in [0, 0.05) is 31.9 Å². The van der Waals surface area contributed by atoms with E-state index in [1.54, 1.807) is 41.0 Å². The zero-order chi connectivity index (χ0) is 22.1. The number of thioether (sulfide) groups is 1. The SMILES string of the molecule is CCOC(=O)N1CCN(C(=O)c2ccccc2NC(=O)CSCc2ccccc2)CC1. The van der Waals surface area contributed by atoms with Gasteiger partial charge in [-0.25, -0.2) is 4.79 Å². The van der Waals surface area contributed by atoms with Crippen molar-refractivity contribution in [1.29, 1.82) is 0 Å². The third kappa shape index (κ3) is 6.49. The van der Waals surface area contributed by atoms with Gasteiger partial charge in [-0.3, -0.25) is 9.59 Å². The molecule has 0 radical (unpaired) electrons. The molecule has 0 bridgehead atoms. The summed E-state index contributed by atoms with van der Waals surface area (Å²) < 4.78 is 5.02. The van der Waals surface area contributed by atoms with Crippen LogP contribution in [0.15, 0.2) is 54.6 Å². The summed E-state index contributed by atoms with van der Waals surface area (Å²) in [6.07, 6.45) is -0.352. The van der Waals surface area contributed by atoms with E-state index in [1.165, 1.54) is 11.8 Å². The fourth-order valence-electron chi connectivity index (χ4n) is 3.28. The lowest BCUT2D eigenvalue weighted by Gasteiger charge is -2.34. The molecule has 0 spiro atoms. The number of anilines is 1. The Balaban J connectivity index is 1.54. The van der Waals surface area contributed by atoms with Crippen LogP contribution >= 0.6 is 11.8 Å². The zero-order valence-corrected chi connectivity index (χ0v) is 18.4. The third-order valence-corrected chi connectivity index (χ3v) is 5.87. The van der Waals surface area contributed by atoms with E-state index in [9.17, 15) is 14.4 Å². The van der Waals surface area contributed by atoms with Gasteiger partial charge >= 0.3 is 6.09 Å². The van der Waals surface area contributed by atoms with Gasteiger partial charge in [0.1, 0.15) is 0 Å². The van der Waals surface area contributed by atoms with Crippen LogP contribution in [0, 0.1) is 0 Å². The van der Waals surface area contributed by atoms with Crippen molar-refractivity contribution in [2.24, 2.45) is 0 Å². The lowest BCUT2D eigenvalue weighted by molar-refractivity contribution is -0.113. The van der Waals surface area contributed by atoms with Crippen LogP contribution < -0.4 is 5.32 Å². The molecule has 0 unspecified atom stereocenters. The molecule has 0 aromatic heterocycles. The van der Waals surface area contributed by atoms with Gasteiger partial charge in [-0.15, -0.1) is 11.8 Å². The van der Waals surface area contributed by atoms with E-state index in [-0.39, 0.29) is 17.9 Å². The Hall–Kier alpha value is -3.00.